The Morgan fingerprint density at radius 1 is 0.844 bits per heavy atom. The molecule has 3 saturated heterocycles. The molecule has 8 rings (SSSR count). The van der Waals surface area contributed by atoms with Crippen molar-refractivity contribution in [2.75, 3.05) is 73.8 Å². The zero-order valence-electron chi connectivity index (χ0n) is 35.4. The van der Waals surface area contributed by atoms with Gasteiger partial charge in [0, 0.05) is 68.2 Å². The summed E-state index contributed by atoms with van der Waals surface area (Å²) in [6.07, 6.45) is 5.07. The number of amides is 4. The minimum absolute atomic E-state index is 0.0862. The molecule has 0 radical (unpaired) electrons. The average molecular weight is 889 g/mol. The zero-order valence-corrected chi connectivity index (χ0v) is 36.2. The van der Waals surface area contributed by atoms with Gasteiger partial charge in [0.2, 0.25) is 17.8 Å². The van der Waals surface area contributed by atoms with Gasteiger partial charge in [-0.05, 0) is 110 Å². The Kier molecular flexibility index (Phi) is 13.9. The van der Waals surface area contributed by atoms with Gasteiger partial charge in [0.05, 0.1) is 35.6 Å². The van der Waals surface area contributed by atoms with Crippen LogP contribution >= 0.6 is 11.6 Å². The number of hydrazine groups is 1. The largest absolute Gasteiger partial charge is 0.495 e. The number of anilines is 6. The minimum atomic E-state index is -0.682. The molecule has 15 nitrogen and oxygen atoms in total. The smallest absolute Gasteiger partial charge is 0.265 e. The van der Waals surface area contributed by atoms with Crippen LogP contribution in [0.5, 0.6) is 5.75 Å². The first-order valence-electron chi connectivity index (χ1n) is 21.5. The van der Waals surface area contributed by atoms with Gasteiger partial charge < -0.3 is 25.6 Å². The molecular weight excluding hydrogens is 839 g/mol. The van der Waals surface area contributed by atoms with Crippen LogP contribution in [0.4, 0.5) is 38.9 Å². The normalized spacial score (nSPS) is 17.4. The fraction of sp³-hybridized carbons (Fsp3) is 0.319. The molecule has 0 saturated carbocycles. The van der Waals surface area contributed by atoms with Crippen LogP contribution in [0.1, 0.15) is 64.3 Å². The van der Waals surface area contributed by atoms with E-state index in [2.05, 4.69) is 58.6 Å². The fourth-order valence-electron chi connectivity index (χ4n) is 8.24. The summed E-state index contributed by atoms with van der Waals surface area (Å²) in [5, 5.41) is 13.6. The second-order valence-corrected chi connectivity index (χ2v) is 16.6. The average Bonchev–Trinajstić information content (AvgIpc) is 3.31. The van der Waals surface area contributed by atoms with Gasteiger partial charge in [-0.1, -0.05) is 35.9 Å². The Labute approximate surface area is 375 Å². The summed E-state index contributed by atoms with van der Waals surface area (Å²) in [5.41, 5.74) is 7.43. The lowest BCUT2D eigenvalue weighted by Gasteiger charge is -2.37. The van der Waals surface area contributed by atoms with E-state index in [0.29, 0.717) is 57.7 Å². The van der Waals surface area contributed by atoms with E-state index in [1.165, 1.54) is 7.11 Å². The summed E-state index contributed by atoms with van der Waals surface area (Å²) in [4.78, 5) is 63.2. The molecule has 1 atom stereocenters. The number of carbonyl (C=O) groups is 4. The first-order chi connectivity index (χ1) is 31.1. The number of ether oxygens (including phenoxy) is 1. The van der Waals surface area contributed by atoms with Gasteiger partial charge >= 0.3 is 0 Å². The molecule has 3 fully saturated rings. The van der Waals surface area contributed by atoms with Crippen molar-refractivity contribution in [3.63, 3.8) is 0 Å². The summed E-state index contributed by atoms with van der Waals surface area (Å²) in [6, 6.07) is 26.6. The van der Waals surface area contributed by atoms with Crippen LogP contribution in [0.3, 0.4) is 0 Å². The van der Waals surface area contributed by atoms with Gasteiger partial charge in [-0.25, -0.2) is 14.4 Å². The van der Waals surface area contributed by atoms with Crippen molar-refractivity contribution in [1.82, 2.24) is 30.6 Å². The molecule has 0 bridgehead atoms. The number of piperidine rings is 2. The lowest BCUT2D eigenvalue weighted by Crippen LogP contribution is -2.48. The minimum Gasteiger partial charge on any atom is -0.495 e. The summed E-state index contributed by atoms with van der Waals surface area (Å²) in [5.74, 6) is -0.980. The molecule has 64 heavy (non-hydrogen) atoms. The number of piperazine rings is 1. The number of para-hydroxylation sites is 1. The summed E-state index contributed by atoms with van der Waals surface area (Å²) in [7, 11) is 1.50. The highest BCUT2D eigenvalue weighted by molar-refractivity contribution is 6.33. The number of methoxy groups -OCH3 is 1. The number of imide groups is 1. The molecule has 0 aliphatic carbocycles. The molecule has 17 heteroatoms. The van der Waals surface area contributed by atoms with E-state index < -0.39 is 5.82 Å². The number of carbonyl (C=O) groups excluding carboxylic acids is 4. The molecule has 4 amide bonds. The highest BCUT2D eigenvalue weighted by atomic mass is 35.5. The predicted molar refractivity (Wildman–Crippen MR) is 244 cm³/mol. The summed E-state index contributed by atoms with van der Waals surface area (Å²) < 4.78 is 20.4. The second kappa shape index (κ2) is 20.3. The maximum atomic E-state index is 14.8. The van der Waals surface area contributed by atoms with Crippen molar-refractivity contribution in [3.05, 3.63) is 125 Å². The summed E-state index contributed by atoms with van der Waals surface area (Å²) in [6.45, 7) is 6.42. The van der Waals surface area contributed by atoms with Crippen molar-refractivity contribution in [1.29, 1.82) is 0 Å². The van der Waals surface area contributed by atoms with E-state index in [-0.39, 0.29) is 41.3 Å². The van der Waals surface area contributed by atoms with E-state index in [9.17, 15) is 23.6 Å². The lowest BCUT2D eigenvalue weighted by molar-refractivity contribution is -0.134. The molecule has 332 valence electrons. The number of aromatic nitrogens is 2. The van der Waals surface area contributed by atoms with Crippen LogP contribution in [-0.4, -0.2) is 96.4 Å². The van der Waals surface area contributed by atoms with Crippen LogP contribution in [0, 0.1) is 11.7 Å². The Morgan fingerprint density at radius 3 is 2.30 bits per heavy atom. The van der Waals surface area contributed by atoms with E-state index in [4.69, 9.17) is 16.3 Å². The standard InChI is InChI=1S/C47H50ClFN10O5/c1-64-41-28-33(10-16-40(41)53-47-50-29-38(49)43(55-47)51-34-11-6-32(7-12-34)44(61)52-39-5-3-2-4-37(39)48)45(62)56-59-22-19-30(20-23-59)18-21-57-24-26-58(27-25-57)35-13-8-31(9-14-35)36-15-17-42(60)54-46(36)63/h2-14,16,28-30,36H,15,17-27H2,1H3,(H,52,61)(H,56,62)(H,54,60,63)(H2,50,51,53,55). The number of hydrogen-bond acceptors (Lipinski definition) is 12. The molecule has 1 aromatic heterocycles. The summed E-state index contributed by atoms with van der Waals surface area (Å²) >= 11 is 6.16. The highest BCUT2D eigenvalue weighted by Gasteiger charge is 2.28. The Morgan fingerprint density at radius 2 is 1.58 bits per heavy atom. The third-order valence-electron chi connectivity index (χ3n) is 12.0. The van der Waals surface area contributed by atoms with Crippen molar-refractivity contribution >= 4 is 69.7 Å². The molecule has 4 aromatic carbocycles. The van der Waals surface area contributed by atoms with Gasteiger partial charge in [0.25, 0.3) is 11.8 Å². The Hall–Kier alpha value is -6.62. The monoisotopic (exact) mass is 888 g/mol. The highest BCUT2D eigenvalue weighted by Crippen LogP contribution is 2.31. The number of nitrogens with one attached hydrogen (secondary N) is 5. The van der Waals surface area contributed by atoms with E-state index in [1.54, 1.807) is 66.7 Å². The Balaban J connectivity index is 0.766. The maximum Gasteiger partial charge on any atom is 0.265 e. The molecular formula is C47H50ClFN10O5. The maximum absolute atomic E-state index is 14.8. The number of rotatable bonds is 14. The molecule has 5 aromatic rings. The first kappa shape index (κ1) is 44.0. The van der Waals surface area contributed by atoms with Crippen LogP contribution in [0.25, 0.3) is 0 Å². The molecule has 1 unspecified atom stereocenters. The van der Waals surface area contributed by atoms with Crippen LogP contribution in [0.15, 0.2) is 97.2 Å². The van der Waals surface area contributed by atoms with Crippen molar-refractivity contribution in [3.8, 4) is 5.75 Å². The molecule has 5 N–H and O–H groups in total. The van der Waals surface area contributed by atoms with Gasteiger partial charge in [0.1, 0.15) is 5.75 Å². The molecule has 3 aliphatic heterocycles. The predicted octanol–water partition coefficient (Wildman–Crippen LogP) is 7.11. The van der Waals surface area contributed by atoms with Crippen molar-refractivity contribution in [2.24, 2.45) is 5.92 Å². The molecule has 3 aliphatic rings. The molecule has 0 spiro atoms. The number of hydrogen-bond donors (Lipinski definition) is 5. The first-order valence-corrected chi connectivity index (χ1v) is 21.8. The number of halogens is 2. The SMILES string of the molecule is COc1cc(C(=O)NN2CCC(CCN3CCN(c4ccc(C5CCC(=O)NC5=O)cc4)CC3)CC2)ccc1Nc1ncc(F)c(Nc2ccc(C(=O)Nc3ccccc3Cl)cc2)n1. The zero-order chi connectivity index (χ0) is 44.6. The van der Waals surface area contributed by atoms with Crippen molar-refractivity contribution in [2.45, 2.75) is 38.0 Å². The van der Waals surface area contributed by atoms with E-state index >= 15 is 0 Å². The quantitative estimate of drug-likeness (QED) is 0.0717. The Bertz CT molecular complexity index is 2480. The van der Waals surface area contributed by atoms with Crippen LogP contribution in [-0.2, 0) is 9.59 Å². The second-order valence-electron chi connectivity index (χ2n) is 16.2. The van der Waals surface area contributed by atoms with Gasteiger partial charge in [0.15, 0.2) is 11.6 Å². The third kappa shape index (κ3) is 10.9. The molecule has 4 heterocycles. The lowest BCUT2D eigenvalue weighted by atomic mass is 9.90. The van der Waals surface area contributed by atoms with Gasteiger partial charge in [-0.2, -0.15) is 4.98 Å². The van der Waals surface area contributed by atoms with Gasteiger partial charge in [-0.3, -0.25) is 34.8 Å². The van der Waals surface area contributed by atoms with Gasteiger partial charge in [-0.15, -0.1) is 0 Å². The van der Waals surface area contributed by atoms with E-state index in [1.807, 2.05) is 17.1 Å². The van der Waals surface area contributed by atoms with E-state index in [0.717, 1.165) is 82.5 Å². The third-order valence-corrected chi connectivity index (χ3v) is 12.3. The topological polar surface area (TPSA) is 173 Å². The van der Waals surface area contributed by atoms with Crippen LogP contribution in [0.2, 0.25) is 5.02 Å². The van der Waals surface area contributed by atoms with Crippen molar-refractivity contribution < 1.29 is 28.3 Å². The van der Waals surface area contributed by atoms with Crippen LogP contribution < -0.4 is 36.3 Å². The fourth-order valence-corrected chi connectivity index (χ4v) is 8.42. The number of nitrogens with zero attached hydrogens (tertiary/aromatic N) is 5. The number of benzene rings is 4.